The van der Waals surface area contributed by atoms with Crippen LogP contribution in [0.2, 0.25) is 0 Å². The molecule has 1 fully saturated rings. The molecule has 0 aliphatic carbocycles. The Labute approximate surface area is 182 Å². The molecule has 3 aromatic rings. The van der Waals surface area contributed by atoms with Crippen molar-refractivity contribution in [2.45, 2.75) is 37.3 Å². The molecule has 1 atom stereocenters. The summed E-state index contributed by atoms with van der Waals surface area (Å²) in [7, 11) is 0. The fraction of sp³-hybridized carbons (Fsp3) is 0.320. The third kappa shape index (κ3) is 4.24. The normalized spacial score (nSPS) is 19.4. The highest BCUT2D eigenvalue weighted by Gasteiger charge is 2.44. The van der Waals surface area contributed by atoms with E-state index in [1.54, 1.807) is 12.4 Å². The van der Waals surface area contributed by atoms with E-state index in [9.17, 15) is 4.79 Å². The number of carbonyl (C=O) groups excluding carboxylic acids is 1. The largest absolute Gasteiger partial charge is 0.487 e. The van der Waals surface area contributed by atoms with Gasteiger partial charge in [0.1, 0.15) is 11.4 Å². The Morgan fingerprint density at radius 2 is 1.71 bits per heavy atom. The summed E-state index contributed by atoms with van der Waals surface area (Å²) in [5.74, 6) is 1.68. The van der Waals surface area contributed by atoms with Crippen LogP contribution >= 0.6 is 0 Å². The summed E-state index contributed by atoms with van der Waals surface area (Å²) in [5, 5.41) is 3.28. The number of rotatable bonds is 4. The number of benzene rings is 2. The molecular formula is C25H26N4O2. The molecule has 3 heterocycles. The minimum Gasteiger partial charge on any atom is -0.487 e. The monoisotopic (exact) mass is 414 g/mol. The molecule has 0 unspecified atom stereocenters. The maximum atomic E-state index is 12.8. The summed E-state index contributed by atoms with van der Waals surface area (Å²) in [6.45, 7) is 1.66. The van der Waals surface area contributed by atoms with Crippen LogP contribution in [-0.4, -0.2) is 34.6 Å². The lowest BCUT2D eigenvalue weighted by Gasteiger charge is -2.47. The van der Waals surface area contributed by atoms with Crippen LogP contribution in [0.25, 0.3) is 0 Å². The third-order valence-corrected chi connectivity index (χ3v) is 6.25. The number of piperidine rings is 1. The van der Waals surface area contributed by atoms with Crippen molar-refractivity contribution in [1.82, 2.24) is 15.3 Å². The fourth-order valence-corrected chi connectivity index (χ4v) is 4.65. The van der Waals surface area contributed by atoms with Crippen LogP contribution in [0.4, 0.5) is 5.95 Å². The highest BCUT2D eigenvalue weighted by atomic mass is 16.5. The molecule has 1 aromatic heterocycles. The van der Waals surface area contributed by atoms with E-state index in [0.29, 0.717) is 6.42 Å². The van der Waals surface area contributed by atoms with Gasteiger partial charge in [-0.3, -0.25) is 4.79 Å². The van der Waals surface area contributed by atoms with Gasteiger partial charge in [-0.2, -0.15) is 0 Å². The summed E-state index contributed by atoms with van der Waals surface area (Å²) in [4.78, 5) is 23.8. The van der Waals surface area contributed by atoms with Crippen molar-refractivity contribution in [1.29, 1.82) is 0 Å². The zero-order valence-corrected chi connectivity index (χ0v) is 17.4. The third-order valence-electron chi connectivity index (χ3n) is 6.25. The SMILES string of the molecule is O=C(Cc1ccccc1)N[C@@H]1CC2(CCN(c3ncccn3)CC2)Oc2ccccc21. The first-order chi connectivity index (χ1) is 15.2. The average molecular weight is 415 g/mol. The summed E-state index contributed by atoms with van der Waals surface area (Å²) in [6.07, 6.45) is 6.44. The smallest absolute Gasteiger partial charge is 0.225 e. The molecule has 6 heteroatoms. The molecule has 6 nitrogen and oxygen atoms in total. The average Bonchev–Trinajstić information content (AvgIpc) is 2.81. The number of nitrogens with zero attached hydrogens (tertiary/aromatic N) is 3. The van der Waals surface area contributed by atoms with Crippen molar-refractivity contribution in [3.05, 3.63) is 84.2 Å². The van der Waals surface area contributed by atoms with Crippen LogP contribution in [-0.2, 0) is 11.2 Å². The summed E-state index contributed by atoms with van der Waals surface area (Å²) in [6, 6.07) is 19.7. The minimum atomic E-state index is -0.287. The van der Waals surface area contributed by atoms with E-state index >= 15 is 0 Å². The molecule has 0 saturated carbocycles. The van der Waals surface area contributed by atoms with Gasteiger partial charge >= 0.3 is 0 Å². The van der Waals surface area contributed by atoms with Gasteiger partial charge in [-0.15, -0.1) is 0 Å². The van der Waals surface area contributed by atoms with Crippen molar-refractivity contribution in [2.24, 2.45) is 0 Å². The number of para-hydroxylation sites is 1. The number of aromatic nitrogens is 2. The van der Waals surface area contributed by atoms with E-state index in [-0.39, 0.29) is 17.6 Å². The number of hydrogen-bond acceptors (Lipinski definition) is 5. The number of nitrogens with one attached hydrogen (secondary N) is 1. The van der Waals surface area contributed by atoms with E-state index in [4.69, 9.17) is 4.74 Å². The molecule has 2 aliphatic heterocycles. The van der Waals surface area contributed by atoms with Crippen LogP contribution in [0.15, 0.2) is 73.1 Å². The molecule has 5 rings (SSSR count). The minimum absolute atomic E-state index is 0.0400. The molecule has 1 N–H and O–H groups in total. The molecule has 31 heavy (non-hydrogen) atoms. The molecule has 158 valence electrons. The predicted molar refractivity (Wildman–Crippen MR) is 119 cm³/mol. The second-order valence-corrected chi connectivity index (χ2v) is 8.35. The first-order valence-electron chi connectivity index (χ1n) is 10.8. The van der Waals surface area contributed by atoms with Gasteiger partial charge in [0.25, 0.3) is 0 Å². The molecule has 1 amide bonds. The highest BCUT2D eigenvalue weighted by molar-refractivity contribution is 5.79. The van der Waals surface area contributed by atoms with Crippen molar-refractivity contribution >= 4 is 11.9 Å². The summed E-state index contributed by atoms with van der Waals surface area (Å²) >= 11 is 0. The zero-order chi connectivity index (χ0) is 21.1. The maximum absolute atomic E-state index is 12.8. The number of fused-ring (bicyclic) bond motifs is 1. The van der Waals surface area contributed by atoms with Crippen molar-refractivity contribution < 1.29 is 9.53 Å². The van der Waals surface area contributed by atoms with E-state index in [1.165, 1.54) is 0 Å². The van der Waals surface area contributed by atoms with Crippen molar-refractivity contribution in [3.63, 3.8) is 0 Å². The molecule has 1 spiro atoms. The van der Waals surface area contributed by atoms with Gasteiger partial charge in [0.05, 0.1) is 12.5 Å². The first-order valence-corrected chi connectivity index (χ1v) is 10.8. The standard InChI is InChI=1S/C25H26N4O2/c30-23(17-19-7-2-1-3-8-19)28-21-18-25(31-22-10-5-4-9-20(21)22)11-15-29(16-12-25)24-26-13-6-14-27-24/h1-10,13-14,21H,11-12,15-18H2,(H,28,30)/t21-/m1/s1. The van der Waals surface area contributed by atoms with Gasteiger partial charge < -0.3 is 15.0 Å². The molecule has 1 saturated heterocycles. The maximum Gasteiger partial charge on any atom is 0.225 e. The van der Waals surface area contributed by atoms with E-state index in [0.717, 1.165) is 55.2 Å². The molecular weight excluding hydrogens is 388 g/mol. The number of amides is 1. The molecule has 0 bridgehead atoms. The van der Waals surface area contributed by atoms with Crippen LogP contribution in [0.3, 0.4) is 0 Å². The topological polar surface area (TPSA) is 67.4 Å². The van der Waals surface area contributed by atoms with E-state index in [1.807, 2.05) is 54.6 Å². The molecule has 0 radical (unpaired) electrons. The van der Waals surface area contributed by atoms with E-state index in [2.05, 4.69) is 26.3 Å². The predicted octanol–water partition coefficient (Wildman–Crippen LogP) is 3.70. The van der Waals surface area contributed by atoms with Gasteiger partial charge in [0, 0.05) is 50.3 Å². The van der Waals surface area contributed by atoms with Gasteiger partial charge in [-0.05, 0) is 17.7 Å². The second-order valence-electron chi connectivity index (χ2n) is 8.35. The molecule has 2 aromatic carbocycles. The number of carbonyl (C=O) groups is 1. The number of ether oxygens (including phenoxy) is 1. The van der Waals surface area contributed by atoms with E-state index < -0.39 is 0 Å². The van der Waals surface area contributed by atoms with Gasteiger partial charge in [0.2, 0.25) is 11.9 Å². The van der Waals surface area contributed by atoms with Crippen LogP contribution in [0.5, 0.6) is 5.75 Å². The Morgan fingerprint density at radius 3 is 2.48 bits per heavy atom. The summed E-state index contributed by atoms with van der Waals surface area (Å²) < 4.78 is 6.56. The first kappa shape index (κ1) is 19.5. The Morgan fingerprint density at radius 1 is 1.00 bits per heavy atom. The van der Waals surface area contributed by atoms with Crippen molar-refractivity contribution in [2.75, 3.05) is 18.0 Å². The van der Waals surface area contributed by atoms with Crippen LogP contribution in [0, 0.1) is 0 Å². The number of anilines is 1. The van der Waals surface area contributed by atoms with Gasteiger partial charge in [0.15, 0.2) is 0 Å². The molecule has 2 aliphatic rings. The fourth-order valence-electron chi connectivity index (χ4n) is 4.65. The highest BCUT2D eigenvalue weighted by Crippen LogP contribution is 2.44. The summed E-state index contributed by atoms with van der Waals surface area (Å²) in [5.41, 5.74) is 1.79. The Kier molecular flexibility index (Phi) is 5.28. The Balaban J connectivity index is 1.32. The lowest BCUT2D eigenvalue weighted by atomic mass is 9.80. The van der Waals surface area contributed by atoms with Gasteiger partial charge in [-0.25, -0.2) is 9.97 Å². The second kappa shape index (κ2) is 8.38. The van der Waals surface area contributed by atoms with Crippen LogP contribution in [0.1, 0.15) is 36.4 Å². The quantitative estimate of drug-likeness (QED) is 0.705. The lowest BCUT2D eigenvalue weighted by Crippen LogP contribution is -2.52. The van der Waals surface area contributed by atoms with Crippen LogP contribution < -0.4 is 15.0 Å². The lowest BCUT2D eigenvalue weighted by molar-refractivity contribution is -0.121. The van der Waals surface area contributed by atoms with Crippen molar-refractivity contribution in [3.8, 4) is 5.75 Å². The number of hydrogen-bond donors (Lipinski definition) is 1. The van der Waals surface area contributed by atoms with Gasteiger partial charge in [-0.1, -0.05) is 48.5 Å². The zero-order valence-electron chi connectivity index (χ0n) is 17.4. The Hall–Kier alpha value is -3.41. The Bertz CT molecular complexity index is 1030.